The summed E-state index contributed by atoms with van der Waals surface area (Å²) in [6, 6.07) is 0. The van der Waals surface area contributed by atoms with Gasteiger partial charge in [-0.1, -0.05) is 13.8 Å². The Kier molecular flexibility index (Phi) is 3.22. The highest BCUT2D eigenvalue weighted by Crippen LogP contribution is 2.42. The summed E-state index contributed by atoms with van der Waals surface area (Å²) in [5, 5.41) is 19.5. The molecule has 4 atom stereocenters. The van der Waals surface area contributed by atoms with E-state index in [2.05, 4.69) is 0 Å². The molecule has 0 radical (unpaired) electrons. The number of hydrogen-bond acceptors (Lipinski definition) is 2. The van der Waals surface area contributed by atoms with Gasteiger partial charge in [-0.3, -0.25) is 0 Å². The minimum Gasteiger partial charge on any atom is -0.390 e. The topological polar surface area (TPSA) is 40.5 Å². The van der Waals surface area contributed by atoms with Crippen molar-refractivity contribution >= 4 is 0 Å². The second-order valence-electron chi connectivity index (χ2n) is 5.30. The molecule has 0 saturated heterocycles. The smallest absolute Gasteiger partial charge is 0.110 e. The van der Waals surface area contributed by atoms with Gasteiger partial charge in [0.2, 0.25) is 0 Å². The summed E-state index contributed by atoms with van der Waals surface area (Å²) in [6.45, 7) is 6.93. The Morgan fingerprint density at radius 2 is 1.71 bits per heavy atom. The molecule has 0 heterocycles. The van der Waals surface area contributed by atoms with E-state index >= 15 is 0 Å². The van der Waals surface area contributed by atoms with Crippen molar-refractivity contribution in [1.82, 2.24) is 0 Å². The molecule has 1 aliphatic rings. The van der Waals surface area contributed by atoms with E-state index in [4.69, 9.17) is 0 Å². The van der Waals surface area contributed by atoms with Crippen molar-refractivity contribution in [2.75, 3.05) is 0 Å². The van der Waals surface area contributed by atoms with Crippen LogP contribution in [0, 0.1) is 17.8 Å². The first-order valence-electron chi connectivity index (χ1n) is 5.30. The summed E-state index contributed by atoms with van der Waals surface area (Å²) in [4.78, 5) is 0. The van der Waals surface area contributed by atoms with E-state index < -0.39 is 23.8 Å². The summed E-state index contributed by atoms with van der Waals surface area (Å²) in [6.07, 6.45) is -1.11. The molecule has 1 fully saturated rings. The standard InChI is InChI=1S/C11H21FO2/c1-6(2)7-5-8(11(3,4)12)10(14)9(7)13/h6-10,13-14H,5H2,1-4H3/t7-,8-,9-,10+/m0/s1. The van der Waals surface area contributed by atoms with Crippen molar-refractivity contribution in [3.05, 3.63) is 0 Å². The van der Waals surface area contributed by atoms with Gasteiger partial charge in [-0.05, 0) is 32.1 Å². The van der Waals surface area contributed by atoms with Crippen LogP contribution in [-0.4, -0.2) is 28.1 Å². The molecular weight excluding hydrogens is 183 g/mol. The molecule has 0 aromatic heterocycles. The minimum atomic E-state index is -1.41. The molecule has 14 heavy (non-hydrogen) atoms. The Balaban J connectivity index is 2.77. The zero-order valence-corrected chi connectivity index (χ0v) is 9.37. The fraction of sp³-hybridized carbons (Fsp3) is 1.00. The highest BCUT2D eigenvalue weighted by atomic mass is 19.1. The molecular formula is C11H21FO2. The van der Waals surface area contributed by atoms with Crippen molar-refractivity contribution < 1.29 is 14.6 Å². The van der Waals surface area contributed by atoms with Gasteiger partial charge in [-0.25, -0.2) is 4.39 Å². The first-order valence-corrected chi connectivity index (χ1v) is 5.30. The van der Waals surface area contributed by atoms with Crippen molar-refractivity contribution in [3.63, 3.8) is 0 Å². The first-order chi connectivity index (χ1) is 6.25. The second-order valence-corrected chi connectivity index (χ2v) is 5.30. The van der Waals surface area contributed by atoms with E-state index in [9.17, 15) is 14.6 Å². The van der Waals surface area contributed by atoms with Crippen LogP contribution in [0.15, 0.2) is 0 Å². The predicted molar refractivity (Wildman–Crippen MR) is 53.6 cm³/mol. The Labute approximate surface area is 85.1 Å². The quantitative estimate of drug-likeness (QED) is 0.719. The molecule has 0 aliphatic heterocycles. The predicted octanol–water partition coefficient (Wildman–Crippen LogP) is 1.75. The van der Waals surface area contributed by atoms with Crippen LogP contribution in [0.2, 0.25) is 0 Å². The van der Waals surface area contributed by atoms with Crippen LogP contribution in [0.5, 0.6) is 0 Å². The molecule has 1 aliphatic carbocycles. The van der Waals surface area contributed by atoms with Crippen molar-refractivity contribution in [3.8, 4) is 0 Å². The van der Waals surface area contributed by atoms with Crippen LogP contribution in [0.25, 0.3) is 0 Å². The van der Waals surface area contributed by atoms with Gasteiger partial charge in [-0.15, -0.1) is 0 Å². The van der Waals surface area contributed by atoms with E-state index in [1.807, 2.05) is 13.8 Å². The van der Waals surface area contributed by atoms with Gasteiger partial charge in [0.25, 0.3) is 0 Å². The SMILES string of the molecule is CC(C)[C@@H]1C[C@H](C(C)(C)F)[C@@H](O)[C@H]1O. The lowest BCUT2D eigenvalue weighted by molar-refractivity contribution is -0.0329. The van der Waals surface area contributed by atoms with Gasteiger partial charge in [-0.2, -0.15) is 0 Å². The summed E-state index contributed by atoms with van der Waals surface area (Å²) in [7, 11) is 0. The maximum absolute atomic E-state index is 13.7. The fourth-order valence-corrected chi connectivity index (χ4v) is 2.42. The van der Waals surface area contributed by atoms with Gasteiger partial charge >= 0.3 is 0 Å². The molecule has 0 bridgehead atoms. The van der Waals surface area contributed by atoms with E-state index in [1.54, 1.807) is 0 Å². The number of hydrogen-bond donors (Lipinski definition) is 2. The number of halogens is 1. The molecule has 0 spiro atoms. The van der Waals surface area contributed by atoms with Crippen LogP contribution in [0.3, 0.4) is 0 Å². The van der Waals surface area contributed by atoms with Crippen LogP contribution in [0.1, 0.15) is 34.1 Å². The maximum Gasteiger partial charge on any atom is 0.110 e. The number of alkyl halides is 1. The van der Waals surface area contributed by atoms with Gasteiger partial charge in [0.1, 0.15) is 5.67 Å². The van der Waals surface area contributed by atoms with Gasteiger partial charge < -0.3 is 10.2 Å². The number of rotatable bonds is 2. The molecule has 2 nitrogen and oxygen atoms in total. The molecule has 0 aromatic rings. The van der Waals surface area contributed by atoms with Crippen LogP contribution >= 0.6 is 0 Å². The monoisotopic (exact) mass is 204 g/mol. The lowest BCUT2D eigenvalue weighted by Gasteiger charge is -2.26. The third-order valence-electron chi connectivity index (χ3n) is 3.46. The Bertz CT molecular complexity index is 198. The van der Waals surface area contributed by atoms with Crippen molar-refractivity contribution in [1.29, 1.82) is 0 Å². The third-order valence-corrected chi connectivity index (χ3v) is 3.46. The molecule has 3 heteroatoms. The Morgan fingerprint density at radius 3 is 1.93 bits per heavy atom. The van der Waals surface area contributed by atoms with E-state index in [-0.39, 0.29) is 11.8 Å². The van der Waals surface area contributed by atoms with E-state index in [0.29, 0.717) is 6.42 Å². The number of aliphatic hydroxyl groups excluding tert-OH is 2. The molecule has 0 amide bonds. The van der Waals surface area contributed by atoms with Gasteiger partial charge in [0.15, 0.2) is 0 Å². The highest BCUT2D eigenvalue weighted by Gasteiger charge is 2.48. The highest BCUT2D eigenvalue weighted by molar-refractivity contribution is 4.98. The first kappa shape index (κ1) is 11.9. The summed E-state index contributed by atoms with van der Waals surface area (Å²) in [5.41, 5.74) is -1.41. The van der Waals surface area contributed by atoms with Gasteiger partial charge in [0, 0.05) is 5.92 Å². The molecule has 0 unspecified atom stereocenters. The molecule has 1 rings (SSSR count). The van der Waals surface area contributed by atoms with E-state index in [1.165, 1.54) is 13.8 Å². The van der Waals surface area contributed by atoms with Crippen LogP contribution in [0.4, 0.5) is 4.39 Å². The number of aliphatic hydroxyl groups is 2. The summed E-state index contributed by atoms with van der Waals surface area (Å²) >= 11 is 0. The fourth-order valence-electron chi connectivity index (χ4n) is 2.42. The maximum atomic E-state index is 13.7. The Morgan fingerprint density at radius 1 is 1.21 bits per heavy atom. The zero-order chi connectivity index (χ0) is 11.1. The average Bonchev–Trinajstić information content (AvgIpc) is 2.28. The van der Waals surface area contributed by atoms with Crippen molar-refractivity contribution in [2.24, 2.45) is 17.8 Å². The largest absolute Gasteiger partial charge is 0.390 e. The normalized spacial score (nSPS) is 39.4. The average molecular weight is 204 g/mol. The third kappa shape index (κ3) is 2.09. The zero-order valence-electron chi connectivity index (χ0n) is 9.37. The molecule has 2 N–H and O–H groups in total. The molecule has 84 valence electrons. The molecule has 0 aromatic carbocycles. The minimum absolute atomic E-state index is 0.0185. The molecule has 1 saturated carbocycles. The lowest BCUT2D eigenvalue weighted by Crippen LogP contribution is -2.37. The summed E-state index contributed by atoms with van der Waals surface area (Å²) < 4.78 is 13.7. The van der Waals surface area contributed by atoms with Crippen molar-refractivity contribution in [2.45, 2.75) is 52.0 Å². The second kappa shape index (κ2) is 3.78. The van der Waals surface area contributed by atoms with E-state index in [0.717, 1.165) is 0 Å². The summed E-state index contributed by atoms with van der Waals surface area (Å²) in [5.74, 6) is -0.137. The van der Waals surface area contributed by atoms with Crippen LogP contribution < -0.4 is 0 Å². The van der Waals surface area contributed by atoms with Gasteiger partial charge in [0.05, 0.1) is 12.2 Å². The lowest BCUT2D eigenvalue weighted by atomic mass is 9.87. The Hall–Kier alpha value is -0.150. The van der Waals surface area contributed by atoms with Crippen LogP contribution in [-0.2, 0) is 0 Å².